The minimum atomic E-state index is -0.342. The van der Waals surface area contributed by atoms with Crippen molar-refractivity contribution in [2.75, 3.05) is 0 Å². The summed E-state index contributed by atoms with van der Waals surface area (Å²) in [5.74, 6) is 0.0598. The standard InChI is InChI=1S/C12H11FN4O/c1-7-6-8(13)2-3-10(7)18-12-9(11(14)15)4-5-16-17-12/h2-6H,1H3,(H3,14,15). The van der Waals surface area contributed by atoms with Gasteiger partial charge in [0.1, 0.15) is 17.4 Å². The number of aromatic nitrogens is 2. The number of aryl methyl sites for hydroxylation is 1. The van der Waals surface area contributed by atoms with Gasteiger partial charge in [-0.15, -0.1) is 5.10 Å². The van der Waals surface area contributed by atoms with E-state index in [1.54, 1.807) is 6.92 Å². The molecule has 92 valence electrons. The third kappa shape index (κ3) is 2.42. The van der Waals surface area contributed by atoms with Crippen LogP contribution in [0.15, 0.2) is 30.5 Å². The Balaban J connectivity index is 2.37. The fraction of sp³-hybridized carbons (Fsp3) is 0.0833. The van der Waals surface area contributed by atoms with Crippen molar-refractivity contribution in [1.82, 2.24) is 10.2 Å². The lowest BCUT2D eigenvalue weighted by Crippen LogP contribution is -2.13. The number of nitrogens with one attached hydrogen (secondary N) is 1. The van der Waals surface area contributed by atoms with Gasteiger partial charge in [-0.1, -0.05) is 0 Å². The number of benzene rings is 1. The zero-order chi connectivity index (χ0) is 13.1. The Bertz CT molecular complexity index is 600. The van der Waals surface area contributed by atoms with E-state index in [9.17, 15) is 4.39 Å². The molecular weight excluding hydrogens is 235 g/mol. The lowest BCUT2D eigenvalue weighted by Gasteiger charge is -2.09. The number of rotatable bonds is 3. The van der Waals surface area contributed by atoms with Gasteiger partial charge in [-0.05, 0) is 36.8 Å². The number of hydrogen-bond donors (Lipinski definition) is 2. The van der Waals surface area contributed by atoms with Gasteiger partial charge in [0, 0.05) is 0 Å². The molecule has 2 aromatic rings. The van der Waals surface area contributed by atoms with E-state index in [2.05, 4.69) is 10.2 Å². The molecule has 0 bridgehead atoms. The van der Waals surface area contributed by atoms with Crippen LogP contribution < -0.4 is 10.5 Å². The van der Waals surface area contributed by atoms with Gasteiger partial charge in [0.05, 0.1) is 11.8 Å². The summed E-state index contributed by atoms with van der Waals surface area (Å²) >= 11 is 0. The molecule has 0 saturated carbocycles. The van der Waals surface area contributed by atoms with Gasteiger partial charge < -0.3 is 10.5 Å². The topological polar surface area (TPSA) is 84.9 Å². The van der Waals surface area contributed by atoms with Crippen molar-refractivity contribution in [3.05, 3.63) is 47.4 Å². The number of ether oxygens (including phenoxy) is 1. The van der Waals surface area contributed by atoms with E-state index in [1.165, 1.54) is 30.5 Å². The minimum Gasteiger partial charge on any atom is -0.437 e. The molecule has 0 amide bonds. The summed E-state index contributed by atoms with van der Waals surface area (Å²) in [7, 11) is 0. The summed E-state index contributed by atoms with van der Waals surface area (Å²) in [5, 5.41) is 14.8. The molecule has 0 radical (unpaired) electrons. The van der Waals surface area contributed by atoms with Gasteiger partial charge in [0.25, 0.3) is 0 Å². The molecule has 5 nitrogen and oxygen atoms in total. The number of nitrogens with zero attached hydrogens (tertiary/aromatic N) is 2. The number of nitrogens with two attached hydrogens (primary N) is 1. The third-order valence-corrected chi connectivity index (χ3v) is 2.32. The molecule has 0 atom stereocenters. The second kappa shape index (κ2) is 4.79. The smallest absolute Gasteiger partial charge is 0.249 e. The van der Waals surface area contributed by atoms with E-state index in [0.717, 1.165) is 0 Å². The monoisotopic (exact) mass is 246 g/mol. The summed E-state index contributed by atoms with van der Waals surface area (Å²) in [6.45, 7) is 1.71. The van der Waals surface area contributed by atoms with Crippen molar-refractivity contribution in [3.8, 4) is 11.6 Å². The van der Waals surface area contributed by atoms with Crippen LogP contribution in [0.5, 0.6) is 11.6 Å². The predicted octanol–water partition coefficient (Wildman–Crippen LogP) is 2.00. The Morgan fingerprint density at radius 3 is 2.83 bits per heavy atom. The van der Waals surface area contributed by atoms with Gasteiger partial charge in [0.15, 0.2) is 0 Å². The Labute approximate surface area is 103 Å². The van der Waals surface area contributed by atoms with Crippen molar-refractivity contribution in [2.24, 2.45) is 5.73 Å². The van der Waals surface area contributed by atoms with Crippen LogP contribution in [0.1, 0.15) is 11.1 Å². The Morgan fingerprint density at radius 1 is 1.39 bits per heavy atom. The highest BCUT2D eigenvalue weighted by atomic mass is 19.1. The van der Waals surface area contributed by atoms with E-state index in [-0.39, 0.29) is 17.5 Å². The highest BCUT2D eigenvalue weighted by molar-refractivity contribution is 5.96. The van der Waals surface area contributed by atoms with Crippen LogP contribution in [-0.2, 0) is 0 Å². The molecule has 1 aromatic heterocycles. The molecule has 1 heterocycles. The Kier molecular flexibility index (Phi) is 3.18. The van der Waals surface area contributed by atoms with E-state index >= 15 is 0 Å². The molecule has 0 aliphatic heterocycles. The Hall–Kier alpha value is -2.50. The maximum absolute atomic E-state index is 13.0. The number of hydrogen-bond acceptors (Lipinski definition) is 4. The molecule has 3 N–H and O–H groups in total. The largest absolute Gasteiger partial charge is 0.437 e. The fourth-order valence-electron chi connectivity index (χ4n) is 1.43. The first kappa shape index (κ1) is 12.0. The molecule has 0 unspecified atom stereocenters. The van der Waals surface area contributed by atoms with Crippen molar-refractivity contribution >= 4 is 5.84 Å². The van der Waals surface area contributed by atoms with Gasteiger partial charge in [-0.3, -0.25) is 5.41 Å². The fourth-order valence-corrected chi connectivity index (χ4v) is 1.43. The predicted molar refractivity (Wildman–Crippen MR) is 64.3 cm³/mol. The van der Waals surface area contributed by atoms with Crippen molar-refractivity contribution in [1.29, 1.82) is 5.41 Å². The molecule has 0 aliphatic carbocycles. The van der Waals surface area contributed by atoms with Gasteiger partial charge in [0.2, 0.25) is 5.88 Å². The second-order valence-electron chi connectivity index (χ2n) is 3.68. The number of amidine groups is 1. The SMILES string of the molecule is Cc1cc(F)ccc1Oc1nnccc1C(=N)N. The van der Waals surface area contributed by atoms with Crippen LogP contribution >= 0.6 is 0 Å². The van der Waals surface area contributed by atoms with Crippen LogP contribution in [0.4, 0.5) is 4.39 Å². The molecule has 18 heavy (non-hydrogen) atoms. The molecular formula is C12H11FN4O. The zero-order valence-corrected chi connectivity index (χ0v) is 9.64. The first-order chi connectivity index (χ1) is 8.58. The summed E-state index contributed by atoms with van der Waals surface area (Å²) in [5.41, 5.74) is 6.37. The van der Waals surface area contributed by atoms with Crippen molar-refractivity contribution in [2.45, 2.75) is 6.92 Å². The molecule has 0 saturated heterocycles. The van der Waals surface area contributed by atoms with Crippen LogP contribution in [0, 0.1) is 18.2 Å². The summed E-state index contributed by atoms with van der Waals surface area (Å²) in [6, 6.07) is 5.65. The highest BCUT2D eigenvalue weighted by Gasteiger charge is 2.11. The third-order valence-electron chi connectivity index (χ3n) is 2.32. The van der Waals surface area contributed by atoms with Gasteiger partial charge in [-0.2, -0.15) is 5.10 Å². The zero-order valence-electron chi connectivity index (χ0n) is 9.64. The van der Waals surface area contributed by atoms with Crippen LogP contribution in [0.2, 0.25) is 0 Å². The molecule has 6 heteroatoms. The first-order valence-corrected chi connectivity index (χ1v) is 5.18. The summed E-state index contributed by atoms with van der Waals surface area (Å²) in [4.78, 5) is 0. The molecule has 0 spiro atoms. The van der Waals surface area contributed by atoms with Crippen LogP contribution in [0.3, 0.4) is 0 Å². The number of halogens is 1. The van der Waals surface area contributed by atoms with Crippen LogP contribution in [-0.4, -0.2) is 16.0 Å². The van der Waals surface area contributed by atoms with Gasteiger partial charge >= 0.3 is 0 Å². The molecule has 0 fully saturated rings. The van der Waals surface area contributed by atoms with Crippen LogP contribution in [0.25, 0.3) is 0 Å². The van der Waals surface area contributed by atoms with Gasteiger partial charge in [-0.25, -0.2) is 4.39 Å². The summed E-state index contributed by atoms with van der Waals surface area (Å²) in [6.07, 6.45) is 1.42. The van der Waals surface area contributed by atoms with Crippen molar-refractivity contribution in [3.63, 3.8) is 0 Å². The first-order valence-electron chi connectivity index (χ1n) is 5.18. The van der Waals surface area contributed by atoms with E-state index in [1.807, 2.05) is 0 Å². The van der Waals surface area contributed by atoms with Crippen molar-refractivity contribution < 1.29 is 9.13 Å². The summed E-state index contributed by atoms with van der Waals surface area (Å²) < 4.78 is 18.5. The minimum absolute atomic E-state index is 0.125. The maximum atomic E-state index is 13.0. The lowest BCUT2D eigenvalue weighted by molar-refractivity contribution is 0.449. The molecule has 1 aromatic carbocycles. The van der Waals surface area contributed by atoms with E-state index in [0.29, 0.717) is 16.9 Å². The normalized spacial score (nSPS) is 10.1. The quantitative estimate of drug-likeness (QED) is 0.640. The molecule has 0 aliphatic rings. The lowest BCUT2D eigenvalue weighted by atomic mass is 10.2. The maximum Gasteiger partial charge on any atom is 0.249 e. The number of nitrogen functional groups attached to an aromatic ring is 1. The average Bonchev–Trinajstić information content (AvgIpc) is 2.33. The highest BCUT2D eigenvalue weighted by Crippen LogP contribution is 2.25. The molecule has 2 rings (SSSR count). The second-order valence-corrected chi connectivity index (χ2v) is 3.68. The van der Waals surface area contributed by atoms with E-state index < -0.39 is 0 Å². The Morgan fingerprint density at radius 2 is 2.17 bits per heavy atom. The van der Waals surface area contributed by atoms with E-state index in [4.69, 9.17) is 15.9 Å². The average molecular weight is 246 g/mol.